The number of halogens is 1. The van der Waals surface area contributed by atoms with E-state index in [0.29, 0.717) is 11.6 Å². The van der Waals surface area contributed by atoms with Gasteiger partial charge in [-0.25, -0.2) is 4.98 Å². The Kier molecular flexibility index (Phi) is 3.29. The van der Waals surface area contributed by atoms with Crippen molar-refractivity contribution in [3.63, 3.8) is 0 Å². The second-order valence-corrected chi connectivity index (χ2v) is 4.44. The van der Waals surface area contributed by atoms with E-state index in [0.717, 1.165) is 22.6 Å². The highest BCUT2D eigenvalue weighted by Gasteiger charge is 2.09. The normalized spacial score (nSPS) is 10.5. The Morgan fingerprint density at radius 2 is 2.24 bits per heavy atom. The van der Waals surface area contributed by atoms with Gasteiger partial charge in [-0.15, -0.1) is 0 Å². The second kappa shape index (κ2) is 4.72. The van der Waals surface area contributed by atoms with E-state index in [-0.39, 0.29) is 5.78 Å². The predicted octanol–water partition coefficient (Wildman–Crippen LogP) is 3.17. The highest BCUT2D eigenvalue weighted by atomic mass is 35.5. The lowest BCUT2D eigenvalue weighted by atomic mass is 10.0. The van der Waals surface area contributed by atoms with Gasteiger partial charge in [0.05, 0.1) is 0 Å². The van der Waals surface area contributed by atoms with E-state index in [2.05, 4.69) is 9.97 Å². The second-order valence-electron chi connectivity index (χ2n) is 4.06. The number of H-pyrrole nitrogens is 1. The van der Waals surface area contributed by atoms with Gasteiger partial charge in [-0.05, 0) is 25.5 Å². The molecule has 88 valence electrons. The van der Waals surface area contributed by atoms with Gasteiger partial charge in [0.2, 0.25) is 0 Å². The summed E-state index contributed by atoms with van der Waals surface area (Å²) in [5, 5.41) is 0.530. The van der Waals surface area contributed by atoms with E-state index in [1.165, 1.54) is 0 Å². The fourth-order valence-electron chi connectivity index (χ4n) is 1.77. The molecule has 0 amide bonds. The minimum absolute atomic E-state index is 0.145. The van der Waals surface area contributed by atoms with Crippen molar-refractivity contribution in [2.45, 2.75) is 20.3 Å². The number of nitrogens with one attached hydrogen (secondary N) is 1. The molecule has 0 aliphatic heterocycles. The minimum Gasteiger partial charge on any atom is -0.333 e. The average Bonchev–Trinajstić information content (AvgIpc) is 2.57. The van der Waals surface area contributed by atoms with Crippen LogP contribution in [-0.4, -0.2) is 15.8 Å². The summed E-state index contributed by atoms with van der Waals surface area (Å²) in [6, 6.07) is 7.72. The van der Waals surface area contributed by atoms with Crippen LogP contribution < -0.4 is 0 Å². The quantitative estimate of drug-likeness (QED) is 0.907. The third-order valence-electron chi connectivity index (χ3n) is 2.43. The summed E-state index contributed by atoms with van der Waals surface area (Å²) in [5.74, 6) is 0.924. The lowest BCUT2D eigenvalue weighted by molar-refractivity contribution is -0.116. The van der Waals surface area contributed by atoms with Gasteiger partial charge >= 0.3 is 0 Å². The molecule has 2 rings (SSSR count). The molecule has 4 heteroatoms. The lowest BCUT2D eigenvalue weighted by Gasteiger charge is -2.02. The van der Waals surface area contributed by atoms with Gasteiger partial charge in [0.1, 0.15) is 22.5 Å². The third kappa shape index (κ3) is 2.74. The van der Waals surface area contributed by atoms with Crippen LogP contribution in [0.1, 0.15) is 18.3 Å². The highest BCUT2D eigenvalue weighted by Crippen LogP contribution is 2.26. The van der Waals surface area contributed by atoms with Gasteiger partial charge in [0.15, 0.2) is 0 Å². The third-order valence-corrected chi connectivity index (χ3v) is 2.71. The van der Waals surface area contributed by atoms with Crippen LogP contribution in [0.15, 0.2) is 24.3 Å². The fraction of sp³-hybridized carbons (Fsp3) is 0.231. The number of imidazole rings is 1. The number of nitrogens with zero attached hydrogens (tertiary/aromatic N) is 1. The number of hydrogen-bond acceptors (Lipinski definition) is 2. The maximum absolute atomic E-state index is 11.1. The number of carbonyl (C=O) groups excluding carboxylic acids is 1. The molecule has 3 nitrogen and oxygen atoms in total. The van der Waals surface area contributed by atoms with E-state index >= 15 is 0 Å². The Balaban J connectivity index is 2.39. The Labute approximate surface area is 105 Å². The molecule has 0 saturated heterocycles. The molecule has 0 unspecified atom stereocenters. The largest absolute Gasteiger partial charge is 0.333 e. The zero-order valence-corrected chi connectivity index (χ0v) is 10.5. The van der Waals surface area contributed by atoms with Crippen LogP contribution in [0.4, 0.5) is 0 Å². The van der Waals surface area contributed by atoms with E-state index in [1.807, 2.05) is 31.2 Å². The Morgan fingerprint density at radius 1 is 1.47 bits per heavy atom. The van der Waals surface area contributed by atoms with Crippen molar-refractivity contribution in [2.24, 2.45) is 0 Å². The van der Waals surface area contributed by atoms with Crippen molar-refractivity contribution in [3.05, 3.63) is 40.8 Å². The van der Waals surface area contributed by atoms with Crippen molar-refractivity contribution in [1.29, 1.82) is 0 Å². The minimum atomic E-state index is 0.145. The number of aromatic nitrogens is 2. The van der Waals surface area contributed by atoms with Crippen LogP contribution in [0.3, 0.4) is 0 Å². The zero-order chi connectivity index (χ0) is 12.4. The van der Waals surface area contributed by atoms with Crippen LogP contribution in [0.5, 0.6) is 0 Å². The van der Waals surface area contributed by atoms with Crippen LogP contribution >= 0.6 is 11.6 Å². The van der Waals surface area contributed by atoms with Gasteiger partial charge < -0.3 is 4.98 Å². The van der Waals surface area contributed by atoms with Crippen LogP contribution in [-0.2, 0) is 11.2 Å². The summed E-state index contributed by atoms with van der Waals surface area (Å²) < 4.78 is 0. The standard InChI is InChI=1S/C13H13ClN2O/c1-8(17)6-10-4-3-5-11(7-10)12-13(14)16-9(2)15-12/h3-5,7H,6H2,1-2H3,(H,15,16). The van der Waals surface area contributed by atoms with Crippen molar-refractivity contribution in [2.75, 3.05) is 0 Å². The molecule has 0 aliphatic carbocycles. The number of Topliss-reactive ketones (excluding diaryl/α,β-unsaturated/α-hetero) is 1. The summed E-state index contributed by atoms with van der Waals surface area (Å²) in [7, 11) is 0. The molecule has 17 heavy (non-hydrogen) atoms. The Bertz CT molecular complexity index is 560. The first kappa shape index (κ1) is 11.9. The van der Waals surface area contributed by atoms with Gasteiger partial charge in [0.25, 0.3) is 0 Å². The summed E-state index contributed by atoms with van der Waals surface area (Å²) >= 11 is 6.05. The average molecular weight is 249 g/mol. The Hall–Kier alpha value is -1.61. The number of aromatic amines is 1. The van der Waals surface area contributed by atoms with E-state index in [4.69, 9.17) is 11.6 Å². The van der Waals surface area contributed by atoms with E-state index < -0.39 is 0 Å². The lowest BCUT2D eigenvalue weighted by Crippen LogP contribution is -1.96. The molecule has 1 aromatic heterocycles. The number of aryl methyl sites for hydroxylation is 1. The molecule has 0 fully saturated rings. The number of rotatable bonds is 3. The molecule has 2 aromatic rings. The first-order valence-electron chi connectivity index (χ1n) is 5.37. The van der Waals surface area contributed by atoms with Crippen molar-refractivity contribution < 1.29 is 4.79 Å². The Morgan fingerprint density at radius 3 is 2.82 bits per heavy atom. The van der Waals surface area contributed by atoms with Crippen molar-refractivity contribution in [3.8, 4) is 11.3 Å². The van der Waals surface area contributed by atoms with E-state index in [9.17, 15) is 4.79 Å². The predicted molar refractivity (Wildman–Crippen MR) is 68.2 cm³/mol. The van der Waals surface area contributed by atoms with Gasteiger partial charge in [-0.3, -0.25) is 4.79 Å². The highest BCUT2D eigenvalue weighted by molar-refractivity contribution is 6.31. The first-order chi connectivity index (χ1) is 8.06. The van der Waals surface area contributed by atoms with Gasteiger partial charge in [-0.1, -0.05) is 29.8 Å². The van der Waals surface area contributed by atoms with Crippen LogP contribution in [0.2, 0.25) is 5.15 Å². The molecule has 1 heterocycles. The zero-order valence-electron chi connectivity index (χ0n) is 9.75. The number of hydrogen-bond donors (Lipinski definition) is 1. The summed E-state index contributed by atoms with van der Waals surface area (Å²) in [4.78, 5) is 18.4. The first-order valence-corrected chi connectivity index (χ1v) is 5.75. The summed E-state index contributed by atoms with van der Waals surface area (Å²) in [6.07, 6.45) is 0.439. The molecular formula is C13H13ClN2O. The number of benzene rings is 1. The smallest absolute Gasteiger partial charge is 0.134 e. The van der Waals surface area contributed by atoms with E-state index in [1.54, 1.807) is 6.92 Å². The van der Waals surface area contributed by atoms with Gasteiger partial charge in [-0.2, -0.15) is 0 Å². The van der Waals surface area contributed by atoms with Crippen molar-refractivity contribution >= 4 is 17.4 Å². The molecule has 0 saturated carbocycles. The SMILES string of the molecule is CC(=O)Cc1cccc(-c2nc(C)[nH]c2Cl)c1. The monoisotopic (exact) mass is 248 g/mol. The fourth-order valence-corrected chi connectivity index (χ4v) is 2.06. The van der Waals surface area contributed by atoms with Crippen LogP contribution in [0, 0.1) is 6.92 Å². The molecular weight excluding hydrogens is 236 g/mol. The maximum atomic E-state index is 11.1. The topological polar surface area (TPSA) is 45.8 Å². The molecule has 0 atom stereocenters. The number of ketones is 1. The molecule has 0 spiro atoms. The molecule has 0 radical (unpaired) electrons. The van der Waals surface area contributed by atoms with Crippen molar-refractivity contribution in [1.82, 2.24) is 9.97 Å². The summed E-state index contributed by atoms with van der Waals surface area (Å²) in [5.41, 5.74) is 2.64. The summed E-state index contributed by atoms with van der Waals surface area (Å²) in [6.45, 7) is 3.44. The molecule has 1 N–H and O–H groups in total. The maximum Gasteiger partial charge on any atom is 0.134 e. The molecule has 1 aromatic carbocycles. The molecule has 0 aliphatic rings. The number of carbonyl (C=O) groups is 1. The molecule has 0 bridgehead atoms. The van der Waals surface area contributed by atoms with Gasteiger partial charge in [0, 0.05) is 12.0 Å². The van der Waals surface area contributed by atoms with Crippen LogP contribution in [0.25, 0.3) is 11.3 Å².